The monoisotopic (exact) mass is 416 g/mol. The number of rotatable bonds is 7. The minimum atomic E-state index is -3.92. The Balaban J connectivity index is 2.29. The molecule has 9 heteroatoms. The topological polar surface area (TPSA) is 84.5 Å². The Kier molecular flexibility index (Phi) is 6.88. The van der Waals surface area contributed by atoms with Gasteiger partial charge in [0.05, 0.1) is 17.2 Å². The molecule has 0 aliphatic heterocycles. The lowest BCUT2D eigenvalue weighted by molar-refractivity contribution is 0.0936. The van der Waals surface area contributed by atoms with Crippen molar-refractivity contribution in [2.45, 2.75) is 11.8 Å². The van der Waals surface area contributed by atoms with Gasteiger partial charge in [-0.05, 0) is 42.8 Å². The van der Waals surface area contributed by atoms with Crippen LogP contribution in [0.3, 0.4) is 0 Å². The maximum atomic E-state index is 12.6. The summed E-state index contributed by atoms with van der Waals surface area (Å²) in [7, 11) is -2.39. The van der Waals surface area contributed by atoms with E-state index in [0.29, 0.717) is 28.8 Å². The molecular formula is C17H18Cl2N2O4S. The van der Waals surface area contributed by atoms with Crippen molar-refractivity contribution in [3.05, 3.63) is 57.6 Å². The van der Waals surface area contributed by atoms with Crippen molar-refractivity contribution >= 4 is 44.8 Å². The first kappa shape index (κ1) is 20.5. The van der Waals surface area contributed by atoms with Gasteiger partial charge in [-0.25, -0.2) is 8.42 Å². The van der Waals surface area contributed by atoms with Crippen LogP contribution in [0, 0.1) is 6.92 Å². The zero-order valence-electron chi connectivity index (χ0n) is 14.2. The van der Waals surface area contributed by atoms with Gasteiger partial charge in [0.1, 0.15) is 0 Å². The number of sulfonamides is 1. The summed E-state index contributed by atoms with van der Waals surface area (Å²) in [6.45, 7) is 2.41. The van der Waals surface area contributed by atoms with Crippen molar-refractivity contribution in [2.24, 2.45) is 0 Å². The largest absolute Gasteiger partial charge is 0.383 e. The number of ether oxygens (including phenoxy) is 1. The normalized spacial score (nSPS) is 11.2. The van der Waals surface area contributed by atoms with Crippen molar-refractivity contribution in [3.8, 4) is 0 Å². The van der Waals surface area contributed by atoms with E-state index in [-0.39, 0.29) is 22.1 Å². The van der Waals surface area contributed by atoms with E-state index < -0.39 is 10.0 Å². The van der Waals surface area contributed by atoms with Crippen LogP contribution in [0.4, 0.5) is 5.69 Å². The second kappa shape index (κ2) is 8.73. The molecule has 0 radical (unpaired) electrons. The van der Waals surface area contributed by atoms with Crippen LogP contribution in [-0.2, 0) is 14.8 Å². The zero-order chi connectivity index (χ0) is 19.3. The fraction of sp³-hybridized carbons (Fsp3) is 0.235. The van der Waals surface area contributed by atoms with E-state index in [1.54, 1.807) is 13.0 Å². The van der Waals surface area contributed by atoms with Crippen LogP contribution in [0.2, 0.25) is 10.0 Å². The number of nitrogens with one attached hydrogen (secondary N) is 2. The zero-order valence-corrected chi connectivity index (χ0v) is 16.5. The number of hydrogen-bond acceptors (Lipinski definition) is 4. The summed E-state index contributed by atoms with van der Waals surface area (Å²) < 4.78 is 32.5. The van der Waals surface area contributed by atoms with Crippen LogP contribution in [0.25, 0.3) is 0 Å². The minimum absolute atomic E-state index is 0.0453. The molecule has 1 amide bonds. The highest BCUT2D eigenvalue weighted by molar-refractivity contribution is 7.92. The quantitative estimate of drug-likeness (QED) is 0.676. The van der Waals surface area contributed by atoms with E-state index in [2.05, 4.69) is 10.0 Å². The summed E-state index contributed by atoms with van der Waals surface area (Å²) in [5.74, 6) is -0.373. The number of benzene rings is 2. The van der Waals surface area contributed by atoms with Gasteiger partial charge in [0, 0.05) is 29.3 Å². The molecule has 0 aromatic heterocycles. The molecule has 0 unspecified atom stereocenters. The fourth-order valence-corrected chi connectivity index (χ4v) is 3.79. The molecule has 140 valence electrons. The van der Waals surface area contributed by atoms with Gasteiger partial charge in [0.2, 0.25) is 0 Å². The molecular weight excluding hydrogens is 399 g/mol. The van der Waals surface area contributed by atoms with Crippen molar-refractivity contribution < 1.29 is 17.9 Å². The molecule has 0 spiro atoms. The third-order valence-electron chi connectivity index (χ3n) is 3.47. The molecule has 0 aliphatic rings. The molecule has 2 rings (SSSR count). The summed E-state index contributed by atoms with van der Waals surface area (Å²) in [5, 5.41) is 3.28. The lowest BCUT2D eigenvalue weighted by atomic mass is 10.1. The third kappa shape index (κ3) is 5.35. The first-order chi connectivity index (χ1) is 12.2. The van der Waals surface area contributed by atoms with E-state index in [1.807, 2.05) is 0 Å². The number of hydrogen-bond donors (Lipinski definition) is 2. The van der Waals surface area contributed by atoms with E-state index >= 15 is 0 Å². The molecule has 26 heavy (non-hydrogen) atoms. The summed E-state index contributed by atoms with van der Waals surface area (Å²) in [6, 6.07) is 8.71. The highest BCUT2D eigenvalue weighted by atomic mass is 35.5. The maximum Gasteiger partial charge on any atom is 0.261 e. The van der Waals surface area contributed by atoms with Crippen molar-refractivity contribution in [1.29, 1.82) is 0 Å². The summed E-state index contributed by atoms with van der Waals surface area (Å²) in [5.41, 5.74) is 1.16. The molecule has 2 aromatic carbocycles. The van der Waals surface area contributed by atoms with Crippen molar-refractivity contribution in [2.75, 3.05) is 25.0 Å². The number of aryl methyl sites for hydroxylation is 1. The second-order valence-corrected chi connectivity index (χ2v) is 8.04. The number of anilines is 1. The van der Waals surface area contributed by atoms with Gasteiger partial charge >= 0.3 is 0 Å². The van der Waals surface area contributed by atoms with E-state index in [1.165, 1.54) is 37.4 Å². The number of carbonyl (C=O) groups is 1. The molecule has 0 atom stereocenters. The molecule has 2 N–H and O–H groups in total. The Morgan fingerprint density at radius 3 is 2.38 bits per heavy atom. The average molecular weight is 417 g/mol. The first-order valence-electron chi connectivity index (χ1n) is 7.59. The Bertz CT molecular complexity index is 897. The number of halogens is 2. The van der Waals surface area contributed by atoms with Gasteiger partial charge < -0.3 is 10.1 Å². The Morgan fingerprint density at radius 1 is 1.12 bits per heavy atom. The van der Waals surface area contributed by atoms with E-state index in [9.17, 15) is 13.2 Å². The molecule has 0 saturated carbocycles. The van der Waals surface area contributed by atoms with Crippen LogP contribution in [0.1, 0.15) is 15.9 Å². The molecule has 0 bridgehead atoms. The molecule has 0 aliphatic carbocycles. The standard InChI is InChI=1S/C17H18Cl2N2O4S/c1-11-3-4-15(10-16(11)17(22)20-5-6-25-2)26(23,24)21-14-8-12(18)7-13(19)9-14/h3-4,7-10,21H,5-6H2,1-2H3,(H,20,22). The summed E-state index contributed by atoms with van der Waals surface area (Å²) >= 11 is 11.8. The number of carbonyl (C=O) groups excluding carboxylic acids is 1. The Labute approximate surface area is 162 Å². The van der Waals surface area contributed by atoms with Gasteiger partial charge in [-0.2, -0.15) is 0 Å². The van der Waals surface area contributed by atoms with Gasteiger partial charge in [0.25, 0.3) is 15.9 Å². The fourth-order valence-electron chi connectivity index (χ4n) is 2.20. The highest BCUT2D eigenvalue weighted by Crippen LogP contribution is 2.25. The van der Waals surface area contributed by atoms with Crippen LogP contribution < -0.4 is 10.0 Å². The summed E-state index contributed by atoms with van der Waals surface area (Å²) in [6.07, 6.45) is 0. The van der Waals surface area contributed by atoms with E-state index in [4.69, 9.17) is 27.9 Å². The van der Waals surface area contributed by atoms with Crippen LogP contribution in [0.15, 0.2) is 41.3 Å². The maximum absolute atomic E-state index is 12.6. The smallest absolute Gasteiger partial charge is 0.261 e. The molecule has 0 heterocycles. The van der Waals surface area contributed by atoms with Gasteiger partial charge in [-0.1, -0.05) is 29.3 Å². The minimum Gasteiger partial charge on any atom is -0.383 e. The third-order valence-corrected chi connectivity index (χ3v) is 5.29. The van der Waals surface area contributed by atoms with Crippen LogP contribution in [0.5, 0.6) is 0 Å². The van der Waals surface area contributed by atoms with Gasteiger partial charge in [0.15, 0.2) is 0 Å². The number of methoxy groups -OCH3 is 1. The molecule has 0 saturated heterocycles. The van der Waals surface area contributed by atoms with Gasteiger partial charge in [-0.3, -0.25) is 9.52 Å². The lowest BCUT2D eigenvalue weighted by Crippen LogP contribution is -2.28. The molecule has 6 nitrogen and oxygen atoms in total. The van der Waals surface area contributed by atoms with Crippen molar-refractivity contribution in [1.82, 2.24) is 5.32 Å². The van der Waals surface area contributed by atoms with Gasteiger partial charge in [-0.15, -0.1) is 0 Å². The predicted octanol–water partition coefficient (Wildman–Crippen LogP) is 3.48. The lowest BCUT2D eigenvalue weighted by Gasteiger charge is -2.12. The average Bonchev–Trinajstić information content (AvgIpc) is 2.53. The van der Waals surface area contributed by atoms with Crippen molar-refractivity contribution in [3.63, 3.8) is 0 Å². The van der Waals surface area contributed by atoms with Crippen LogP contribution >= 0.6 is 23.2 Å². The SMILES string of the molecule is COCCNC(=O)c1cc(S(=O)(=O)Nc2cc(Cl)cc(Cl)c2)ccc1C. The summed E-state index contributed by atoms with van der Waals surface area (Å²) in [4.78, 5) is 12.2. The molecule has 2 aromatic rings. The first-order valence-corrected chi connectivity index (χ1v) is 9.83. The van der Waals surface area contributed by atoms with E-state index in [0.717, 1.165) is 0 Å². The van der Waals surface area contributed by atoms with Crippen LogP contribution in [-0.4, -0.2) is 34.6 Å². The Morgan fingerprint density at radius 2 is 1.77 bits per heavy atom. The number of amides is 1. The predicted molar refractivity (Wildman–Crippen MR) is 103 cm³/mol. The molecule has 0 fully saturated rings. The highest BCUT2D eigenvalue weighted by Gasteiger charge is 2.18. The second-order valence-electron chi connectivity index (χ2n) is 5.49. The Hall–Kier alpha value is -1.80.